The van der Waals surface area contributed by atoms with Crippen molar-refractivity contribution in [1.29, 1.82) is 0 Å². The molecule has 1 unspecified atom stereocenters. The van der Waals surface area contributed by atoms with E-state index in [4.69, 9.17) is 10.5 Å². The third-order valence-corrected chi connectivity index (χ3v) is 2.68. The number of nitrogens with zero attached hydrogens (tertiary/aromatic N) is 2. The average molecular weight is 221 g/mol. The van der Waals surface area contributed by atoms with Gasteiger partial charge in [-0.2, -0.15) is 0 Å². The maximum Gasteiger partial charge on any atom is 0.196 e. The number of ketones is 1. The summed E-state index contributed by atoms with van der Waals surface area (Å²) >= 11 is 0. The van der Waals surface area contributed by atoms with Gasteiger partial charge in [-0.25, -0.2) is 0 Å². The summed E-state index contributed by atoms with van der Waals surface area (Å²) < 4.78 is 5.45. The lowest BCUT2D eigenvalue weighted by Crippen LogP contribution is -2.44. The Morgan fingerprint density at radius 3 is 3.19 bits per heavy atom. The number of likely N-dealkylation sites (N-methyl/N-ethyl adjacent to an activating group) is 1. The Bertz CT molecular complexity index is 395. The van der Waals surface area contributed by atoms with Gasteiger partial charge in [0.15, 0.2) is 5.78 Å². The first-order valence-corrected chi connectivity index (χ1v) is 5.22. The van der Waals surface area contributed by atoms with Gasteiger partial charge in [-0.15, -0.1) is 0 Å². The second kappa shape index (κ2) is 4.59. The van der Waals surface area contributed by atoms with Crippen molar-refractivity contribution >= 4 is 11.5 Å². The van der Waals surface area contributed by atoms with E-state index in [1.54, 1.807) is 12.3 Å². The molecular formula is C11H15N3O2. The van der Waals surface area contributed by atoms with Crippen LogP contribution < -0.4 is 5.73 Å². The molecule has 1 saturated heterocycles. The number of anilines is 1. The number of rotatable bonds is 2. The zero-order valence-corrected chi connectivity index (χ0v) is 9.22. The van der Waals surface area contributed by atoms with Gasteiger partial charge in [0.25, 0.3) is 0 Å². The van der Waals surface area contributed by atoms with Crippen molar-refractivity contribution in [2.45, 2.75) is 6.10 Å². The molecule has 2 rings (SSSR count). The average Bonchev–Trinajstić information content (AvgIpc) is 2.29. The van der Waals surface area contributed by atoms with E-state index in [0.717, 1.165) is 6.54 Å². The van der Waals surface area contributed by atoms with E-state index >= 15 is 0 Å². The molecule has 86 valence electrons. The number of carbonyl (C=O) groups excluding carboxylic acids is 1. The number of pyridine rings is 1. The summed E-state index contributed by atoms with van der Waals surface area (Å²) in [6.45, 7) is 2.03. The van der Waals surface area contributed by atoms with Crippen LogP contribution in [0.3, 0.4) is 0 Å². The molecule has 0 aliphatic carbocycles. The first-order chi connectivity index (χ1) is 7.68. The second-order valence-corrected chi connectivity index (χ2v) is 3.95. The van der Waals surface area contributed by atoms with Gasteiger partial charge in [0, 0.05) is 31.2 Å². The normalized spacial score (nSPS) is 21.9. The topological polar surface area (TPSA) is 68.5 Å². The molecule has 1 aliphatic heterocycles. The molecule has 5 nitrogen and oxygen atoms in total. The highest BCUT2D eigenvalue weighted by Gasteiger charge is 2.26. The maximum absolute atomic E-state index is 12.1. The molecule has 1 fully saturated rings. The van der Waals surface area contributed by atoms with Gasteiger partial charge >= 0.3 is 0 Å². The van der Waals surface area contributed by atoms with E-state index in [1.165, 1.54) is 6.20 Å². The van der Waals surface area contributed by atoms with E-state index in [9.17, 15) is 4.79 Å². The SMILES string of the molecule is CN1CCOC(C(=O)c2cnccc2N)C1. The van der Waals surface area contributed by atoms with Crippen LogP contribution >= 0.6 is 0 Å². The van der Waals surface area contributed by atoms with E-state index in [0.29, 0.717) is 24.4 Å². The van der Waals surface area contributed by atoms with Crippen LogP contribution in [0.25, 0.3) is 0 Å². The van der Waals surface area contributed by atoms with Crippen LogP contribution in [0.2, 0.25) is 0 Å². The van der Waals surface area contributed by atoms with Crippen LogP contribution in [-0.2, 0) is 4.74 Å². The number of carbonyl (C=O) groups is 1. The van der Waals surface area contributed by atoms with Crippen molar-refractivity contribution < 1.29 is 9.53 Å². The largest absolute Gasteiger partial charge is 0.398 e. The number of nitrogen functional groups attached to an aromatic ring is 1. The van der Waals surface area contributed by atoms with Crippen LogP contribution in [-0.4, -0.2) is 48.5 Å². The summed E-state index contributed by atoms with van der Waals surface area (Å²) in [5.74, 6) is -0.0860. The minimum Gasteiger partial charge on any atom is -0.398 e. The first kappa shape index (κ1) is 11.0. The molecule has 1 atom stereocenters. The van der Waals surface area contributed by atoms with Gasteiger partial charge < -0.3 is 15.4 Å². The lowest BCUT2D eigenvalue weighted by molar-refractivity contribution is -0.00859. The van der Waals surface area contributed by atoms with Crippen LogP contribution in [0.15, 0.2) is 18.5 Å². The number of aromatic nitrogens is 1. The van der Waals surface area contributed by atoms with Crippen LogP contribution in [0.4, 0.5) is 5.69 Å². The van der Waals surface area contributed by atoms with Crippen molar-refractivity contribution in [3.63, 3.8) is 0 Å². The molecule has 0 radical (unpaired) electrons. The van der Waals surface area contributed by atoms with Crippen molar-refractivity contribution in [1.82, 2.24) is 9.88 Å². The van der Waals surface area contributed by atoms with E-state index < -0.39 is 6.10 Å². The van der Waals surface area contributed by atoms with Gasteiger partial charge in [-0.1, -0.05) is 0 Å². The predicted molar refractivity (Wildman–Crippen MR) is 60.2 cm³/mol. The summed E-state index contributed by atoms with van der Waals surface area (Å²) in [6, 6.07) is 1.62. The van der Waals surface area contributed by atoms with Gasteiger partial charge in [-0.05, 0) is 13.1 Å². The molecule has 0 aromatic carbocycles. The fraction of sp³-hybridized carbons (Fsp3) is 0.455. The molecule has 0 spiro atoms. The smallest absolute Gasteiger partial charge is 0.196 e. The van der Waals surface area contributed by atoms with Gasteiger partial charge in [-0.3, -0.25) is 9.78 Å². The molecule has 1 aromatic heterocycles. The monoisotopic (exact) mass is 221 g/mol. The molecule has 2 heterocycles. The molecule has 16 heavy (non-hydrogen) atoms. The summed E-state index contributed by atoms with van der Waals surface area (Å²) in [7, 11) is 1.97. The number of hydrogen-bond donors (Lipinski definition) is 1. The maximum atomic E-state index is 12.1. The molecule has 1 aromatic rings. The molecule has 0 saturated carbocycles. The fourth-order valence-corrected chi connectivity index (χ4v) is 1.72. The third-order valence-electron chi connectivity index (χ3n) is 2.68. The Morgan fingerprint density at radius 1 is 1.69 bits per heavy atom. The minimum absolute atomic E-state index is 0.0860. The Balaban J connectivity index is 2.16. The van der Waals surface area contributed by atoms with Crippen LogP contribution in [0, 0.1) is 0 Å². The van der Waals surface area contributed by atoms with Crippen LogP contribution in [0.1, 0.15) is 10.4 Å². The molecule has 0 amide bonds. The van der Waals surface area contributed by atoms with Crippen molar-refractivity contribution in [3.05, 3.63) is 24.0 Å². The minimum atomic E-state index is -0.426. The predicted octanol–water partition coefficient (Wildman–Crippen LogP) is 0.177. The number of Topliss-reactive ketones (excluding diaryl/α,β-unsaturated/α-hetero) is 1. The molecule has 0 bridgehead atoms. The highest BCUT2D eigenvalue weighted by Crippen LogP contribution is 2.15. The van der Waals surface area contributed by atoms with Crippen molar-refractivity contribution in [2.24, 2.45) is 0 Å². The number of nitrogens with two attached hydrogens (primary N) is 1. The Labute approximate surface area is 94.2 Å². The second-order valence-electron chi connectivity index (χ2n) is 3.95. The standard InChI is InChI=1S/C11H15N3O2/c1-14-4-5-16-10(7-14)11(15)8-6-13-3-2-9(8)12/h2-3,6,10H,4-5,7H2,1H3,(H2,12,13). The lowest BCUT2D eigenvalue weighted by Gasteiger charge is -2.29. The van der Waals surface area contributed by atoms with E-state index in [2.05, 4.69) is 9.88 Å². The van der Waals surface area contributed by atoms with Gasteiger partial charge in [0.1, 0.15) is 6.10 Å². The lowest BCUT2D eigenvalue weighted by atomic mass is 10.1. The summed E-state index contributed by atoms with van der Waals surface area (Å²) in [6.07, 6.45) is 2.64. The Morgan fingerprint density at radius 2 is 2.50 bits per heavy atom. The quantitative estimate of drug-likeness (QED) is 0.721. The third kappa shape index (κ3) is 2.20. The van der Waals surface area contributed by atoms with Gasteiger partial charge in [0.2, 0.25) is 0 Å². The van der Waals surface area contributed by atoms with Crippen molar-refractivity contribution in [3.8, 4) is 0 Å². The number of ether oxygens (including phenoxy) is 1. The van der Waals surface area contributed by atoms with Gasteiger partial charge in [0.05, 0.1) is 12.2 Å². The van der Waals surface area contributed by atoms with Crippen LogP contribution in [0.5, 0.6) is 0 Å². The molecule has 5 heteroatoms. The molecular weight excluding hydrogens is 206 g/mol. The highest BCUT2D eigenvalue weighted by atomic mass is 16.5. The zero-order chi connectivity index (χ0) is 11.5. The number of morpholine rings is 1. The Hall–Kier alpha value is -1.46. The highest BCUT2D eigenvalue weighted by molar-refractivity contribution is 6.03. The Kier molecular flexibility index (Phi) is 3.17. The summed E-state index contributed by atoms with van der Waals surface area (Å²) in [5.41, 5.74) is 6.64. The molecule has 1 aliphatic rings. The first-order valence-electron chi connectivity index (χ1n) is 5.22. The van der Waals surface area contributed by atoms with E-state index in [-0.39, 0.29) is 5.78 Å². The van der Waals surface area contributed by atoms with E-state index in [1.807, 2.05) is 7.05 Å². The van der Waals surface area contributed by atoms with Crippen molar-refractivity contribution in [2.75, 3.05) is 32.5 Å². The zero-order valence-electron chi connectivity index (χ0n) is 9.22. The number of hydrogen-bond acceptors (Lipinski definition) is 5. The summed E-state index contributed by atoms with van der Waals surface area (Å²) in [5, 5.41) is 0. The summed E-state index contributed by atoms with van der Waals surface area (Å²) in [4.78, 5) is 18.1. The fourth-order valence-electron chi connectivity index (χ4n) is 1.72. The molecule has 2 N–H and O–H groups in total.